The fraction of sp³-hybridized carbons (Fsp3) is 1.00. The van der Waals surface area contributed by atoms with Crippen molar-refractivity contribution in [1.82, 2.24) is 0 Å². The standard InChI is InChI=1S/6C2H5O.2Cr/c6*1-2-3;;/h6*2H2,1H3;;/q6*-1;2*+3. The molecule has 0 amide bonds. The zero-order chi connectivity index (χ0) is 16.2. The van der Waals surface area contributed by atoms with Gasteiger partial charge in [0.15, 0.2) is 0 Å². The molecule has 0 rings (SSSR count). The van der Waals surface area contributed by atoms with E-state index in [2.05, 4.69) is 0 Å². The van der Waals surface area contributed by atoms with Gasteiger partial charge in [0, 0.05) is 0 Å². The molecule has 0 N–H and O–H groups in total. The topological polar surface area (TPSA) is 138 Å². The Morgan fingerprint density at radius 3 is 0.350 bits per heavy atom. The number of hydrogen-bond acceptors (Lipinski definition) is 6. The van der Waals surface area contributed by atoms with Crippen molar-refractivity contribution in [3.63, 3.8) is 0 Å². The van der Waals surface area contributed by atoms with Crippen molar-refractivity contribution < 1.29 is 65.4 Å². The molecule has 0 bridgehead atoms. The molecule has 8 heteroatoms. The minimum absolute atomic E-state index is 0. The summed E-state index contributed by atoms with van der Waals surface area (Å²) >= 11 is 0. The van der Waals surface area contributed by atoms with Crippen molar-refractivity contribution in [2.24, 2.45) is 0 Å². The Hall–Kier alpha value is 0.825. The van der Waals surface area contributed by atoms with Crippen LogP contribution >= 0.6 is 0 Å². The summed E-state index contributed by atoms with van der Waals surface area (Å²) in [7, 11) is 0. The average Bonchev–Trinajstić information content (AvgIpc) is 2.23. The first kappa shape index (κ1) is 49.8. The van der Waals surface area contributed by atoms with Gasteiger partial charge in [0.05, 0.1) is 0 Å². The molecule has 0 aromatic heterocycles. The van der Waals surface area contributed by atoms with Crippen LogP contribution in [0.1, 0.15) is 41.5 Å². The Bertz CT molecular complexity index is 41.4. The van der Waals surface area contributed by atoms with E-state index in [0.29, 0.717) is 0 Å². The summed E-state index contributed by atoms with van der Waals surface area (Å²) in [6.45, 7) is 9.42. The van der Waals surface area contributed by atoms with Gasteiger partial charge in [-0.05, 0) is 0 Å². The summed E-state index contributed by atoms with van der Waals surface area (Å²) in [5.74, 6) is 0. The van der Waals surface area contributed by atoms with E-state index in [1.807, 2.05) is 0 Å². The van der Waals surface area contributed by atoms with E-state index in [1.165, 1.54) is 0 Å². The Kier molecular flexibility index (Phi) is 375. The molecule has 0 fully saturated rings. The van der Waals surface area contributed by atoms with Crippen molar-refractivity contribution in [2.45, 2.75) is 41.5 Å². The fourth-order valence-corrected chi connectivity index (χ4v) is 0. The van der Waals surface area contributed by atoms with Gasteiger partial charge in [-0.15, -0.1) is 39.6 Å². The van der Waals surface area contributed by atoms with E-state index in [0.717, 1.165) is 0 Å². The smallest absolute Gasteiger partial charge is 0.855 e. The molecule has 0 heterocycles. The average molecular weight is 374 g/mol. The Balaban J connectivity index is -0.0000000141. The molecule has 0 saturated heterocycles. The summed E-state index contributed by atoms with van der Waals surface area (Å²) in [4.78, 5) is 0. The fourth-order valence-electron chi connectivity index (χ4n) is 0. The molecule has 0 aromatic rings. The maximum atomic E-state index is 8.93. The van der Waals surface area contributed by atoms with E-state index in [4.69, 9.17) is 30.6 Å². The molecule has 0 aromatic carbocycles. The van der Waals surface area contributed by atoms with Crippen LogP contribution in [-0.2, 0) is 34.7 Å². The van der Waals surface area contributed by atoms with E-state index < -0.39 is 0 Å². The second-order valence-corrected chi connectivity index (χ2v) is 1.73. The first-order valence-electron chi connectivity index (χ1n) is 5.97. The largest absolute Gasteiger partial charge is 3.00 e. The first-order valence-corrected chi connectivity index (χ1v) is 5.97. The predicted molar refractivity (Wildman–Crippen MR) is 63.2 cm³/mol. The molecule has 126 valence electrons. The summed E-state index contributed by atoms with van der Waals surface area (Å²) < 4.78 is 0. The third kappa shape index (κ3) is 8790. The molecule has 6 nitrogen and oxygen atoms in total. The van der Waals surface area contributed by atoms with Crippen LogP contribution in [0.25, 0.3) is 0 Å². The maximum absolute atomic E-state index is 8.93. The van der Waals surface area contributed by atoms with Crippen LogP contribution in [0.2, 0.25) is 0 Å². The van der Waals surface area contributed by atoms with Gasteiger partial charge in [0.2, 0.25) is 0 Å². The second kappa shape index (κ2) is 151. The zero-order valence-corrected chi connectivity index (χ0v) is 16.1. The monoisotopic (exact) mass is 374 g/mol. The van der Waals surface area contributed by atoms with Crippen molar-refractivity contribution in [1.29, 1.82) is 0 Å². The third-order valence-electron chi connectivity index (χ3n) is 0. The molecule has 0 aliphatic heterocycles. The van der Waals surface area contributed by atoms with Crippen molar-refractivity contribution in [2.75, 3.05) is 39.6 Å². The maximum Gasteiger partial charge on any atom is 3.00 e. The van der Waals surface area contributed by atoms with Gasteiger partial charge in [-0.25, -0.2) is 0 Å². The van der Waals surface area contributed by atoms with Crippen LogP contribution in [0.5, 0.6) is 0 Å². The van der Waals surface area contributed by atoms with E-state index in [1.54, 1.807) is 41.5 Å². The SMILES string of the molecule is CC[O-].CC[O-].CC[O-].CC[O-].CC[O-].CC[O-].[Cr+3].[Cr+3]. The molecular weight excluding hydrogens is 344 g/mol. The molecule has 2 radical (unpaired) electrons. The van der Waals surface area contributed by atoms with Crippen LogP contribution in [0.15, 0.2) is 0 Å². The molecule has 0 unspecified atom stereocenters. The molecule has 0 saturated carbocycles. The van der Waals surface area contributed by atoms with Gasteiger partial charge >= 0.3 is 34.7 Å². The van der Waals surface area contributed by atoms with Crippen LogP contribution in [0, 0.1) is 0 Å². The van der Waals surface area contributed by atoms with Crippen molar-refractivity contribution in [3.8, 4) is 0 Å². The van der Waals surface area contributed by atoms with Crippen LogP contribution in [0.3, 0.4) is 0 Å². The normalized spacial score (nSPS) is 5.40. The summed E-state index contributed by atoms with van der Waals surface area (Å²) in [5.41, 5.74) is 0. The Morgan fingerprint density at radius 1 is 0.350 bits per heavy atom. The Morgan fingerprint density at radius 2 is 0.350 bits per heavy atom. The molecular formula is C12H30Cr2O6. The molecule has 0 atom stereocenters. The minimum Gasteiger partial charge on any atom is -0.855 e. The molecule has 0 aliphatic carbocycles. The first-order chi connectivity index (χ1) is 8.49. The quantitative estimate of drug-likeness (QED) is 0.426. The van der Waals surface area contributed by atoms with Gasteiger partial charge in [-0.1, -0.05) is 41.5 Å². The van der Waals surface area contributed by atoms with Crippen molar-refractivity contribution >= 4 is 0 Å². The van der Waals surface area contributed by atoms with Crippen LogP contribution < -0.4 is 30.6 Å². The van der Waals surface area contributed by atoms with E-state index >= 15 is 0 Å². The number of hydrogen-bond donors (Lipinski definition) is 0. The van der Waals surface area contributed by atoms with E-state index in [9.17, 15) is 0 Å². The van der Waals surface area contributed by atoms with Gasteiger partial charge in [0.1, 0.15) is 0 Å². The van der Waals surface area contributed by atoms with Gasteiger partial charge < -0.3 is 30.6 Å². The number of rotatable bonds is 0. The van der Waals surface area contributed by atoms with Crippen molar-refractivity contribution in [3.05, 3.63) is 0 Å². The van der Waals surface area contributed by atoms with Crippen LogP contribution in [-0.4, -0.2) is 39.6 Å². The summed E-state index contributed by atoms with van der Waals surface area (Å²) in [5, 5.41) is 53.6. The molecule has 0 spiro atoms. The molecule has 0 aliphatic rings. The summed E-state index contributed by atoms with van der Waals surface area (Å²) in [6, 6.07) is 0. The minimum atomic E-state index is 0. The zero-order valence-electron chi connectivity index (χ0n) is 13.5. The second-order valence-electron chi connectivity index (χ2n) is 1.73. The van der Waals surface area contributed by atoms with Gasteiger partial charge in [0.25, 0.3) is 0 Å². The van der Waals surface area contributed by atoms with Gasteiger partial charge in [-0.2, -0.15) is 0 Å². The van der Waals surface area contributed by atoms with Gasteiger partial charge in [-0.3, -0.25) is 0 Å². The van der Waals surface area contributed by atoms with Crippen LogP contribution in [0.4, 0.5) is 0 Å². The molecule has 20 heavy (non-hydrogen) atoms. The predicted octanol–water partition coefficient (Wildman–Crippen LogP) is -3.81. The Labute approximate surface area is 146 Å². The van der Waals surface area contributed by atoms with E-state index in [-0.39, 0.29) is 74.4 Å². The third-order valence-corrected chi connectivity index (χ3v) is 0. The summed E-state index contributed by atoms with van der Waals surface area (Å²) in [6.07, 6.45) is 0.